The normalized spacial score (nSPS) is 16.3. The van der Waals surface area contributed by atoms with Crippen LogP contribution in [0, 0.1) is 0 Å². The summed E-state index contributed by atoms with van der Waals surface area (Å²) in [6.45, 7) is 2.18. The van der Waals surface area contributed by atoms with Crippen molar-refractivity contribution in [1.29, 1.82) is 0 Å². The van der Waals surface area contributed by atoms with Crippen molar-refractivity contribution < 1.29 is 9.47 Å². The Morgan fingerprint density at radius 3 is 2.07 bits per heavy atom. The summed E-state index contributed by atoms with van der Waals surface area (Å²) in [6, 6.07) is 27.3. The van der Waals surface area contributed by atoms with Gasteiger partial charge in [0, 0.05) is 6.04 Å². The van der Waals surface area contributed by atoms with Gasteiger partial charge in [-0.25, -0.2) is 0 Å². The molecule has 1 aliphatic heterocycles. The maximum Gasteiger partial charge on any atom is 0.164 e. The second-order valence-corrected chi connectivity index (χ2v) is 7.64. The molecular formula is C26H29NO2. The molecule has 1 unspecified atom stereocenters. The predicted octanol–water partition coefficient (Wildman–Crippen LogP) is 5.53. The molecule has 3 nitrogen and oxygen atoms in total. The number of nitrogens with one attached hydrogen (secondary N) is 1. The molecule has 3 aromatic carbocycles. The Hall–Kier alpha value is -2.78. The zero-order chi connectivity index (χ0) is 19.7. The van der Waals surface area contributed by atoms with Crippen LogP contribution in [0.25, 0.3) is 0 Å². The second-order valence-electron chi connectivity index (χ2n) is 7.64. The fraction of sp³-hybridized carbons (Fsp3) is 0.308. The zero-order valence-corrected chi connectivity index (χ0v) is 16.8. The van der Waals surface area contributed by atoms with E-state index in [0.29, 0.717) is 19.3 Å². The van der Waals surface area contributed by atoms with Crippen LogP contribution in [0.3, 0.4) is 0 Å². The summed E-state index contributed by atoms with van der Waals surface area (Å²) in [4.78, 5) is 0. The van der Waals surface area contributed by atoms with E-state index in [1.807, 2.05) is 42.5 Å². The van der Waals surface area contributed by atoms with E-state index < -0.39 is 0 Å². The Balaban J connectivity index is 1.53. The minimum atomic E-state index is 0.507. The first-order valence-corrected chi connectivity index (χ1v) is 10.6. The van der Waals surface area contributed by atoms with Gasteiger partial charge in [-0.2, -0.15) is 0 Å². The van der Waals surface area contributed by atoms with E-state index in [9.17, 15) is 0 Å². The second kappa shape index (κ2) is 10.1. The summed E-state index contributed by atoms with van der Waals surface area (Å²) in [5.41, 5.74) is 3.53. The molecule has 4 rings (SSSR count). The van der Waals surface area contributed by atoms with Crippen molar-refractivity contribution >= 4 is 0 Å². The molecule has 1 aliphatic rings. The number of hydrogen-bond acceptors (Lipinski definition) is 3. The van der Waals surface area contributed by atoms with Gasteiger partial charge < -0.3 is 14.8 Å². The average Bonchev–Trinajstić information content (AvgIpc) is 2.79. The molecule has 3 aromatic rings. The lowest BCUT2D eigenvalue weighted by Gasteiger charge is -2.25. The van der Waals surface area contributed by atoms with Crippen molar-refractivity contribution in [3.8, 4) is 11.5 Å². The molecule has 1 atom stereocenters. The molecule has 3 heteroatoms. The summed E-state index contributed by atoms with van der Waals surface area (Å²) < 4.78 is 12.5. The summed E-state index contributed by atoms with van der Waals surface area (Å²) in [5, 5.41) is 3.65. The van der Waals surface area contributed by atoms with Crippen LogP contribution < -0.4 is 14.8 Å². The summed E-state index contributed by atoms with van der Waals surface area (Å²) in [5.74, 6) is 1.69. The molecule has 1 N–H and O–H groups in total. The van der Waals surface area contributed by atoms with E-state index >= 15 is 0 Å². The Kier molecular flexibility index (Phi) is 6.82. The van der Waals surface area contributed by atoms with Gasteiger partial charge in [0.15, 0.2) is 11.5 Å². The average molecular weight is 388 g/mol. The molecule has 0 amide bonds. The van der Waals surface area contributed by atoms with Gasteiger partial charge in [-0.3, -0.25) is 0 Å². The van der Waals surface area contributed by atoms with E-state index in [1.54, 1.807) is 0 Å². The van der Waals surface area contributed by atoms with Crippen molar-refractivity contribution in [3.05, 3.63) is 95.6 Å². The van der Waals surface area contributed by atoms with E-state index in [2.05, 4.69) is 41.7 Å². The monoisotopic (exact) mass is 387 g/mol. The first-order valence-electron chi connectivity index (χ1n) is 10.6. The maximum atomic E-state index is 6.33. The third kappa shape index (κ3) is 5.61. The quantitative estimate of drug-likeness (QED) is 0.551. The first kappa shape index (κ1) is 19.5. The van der Waals surface area contributed by atoms with Crippen LogP contribution >= 0.6 is 0 Å². The topological polar surface area (TPSA) is 30.5 Å². The summed E-state index contributed by atoms with van der Waals surface area (Å²) >= 11 is 0. The molecule has 0 bridgehead atoms. The van der Waals surface area contributed by atoms with E-state index in [-0.39, 0.29) is 0 Å². The van der Waals surface area contributed by atoms with Crippen molar-refractivity contribution in [2.75, 3.05) is 6.54 Å². The van der Waals surface area contributed by atoms with Crippen LogP contribution in [0.5, 0.6) is 11.5 Å². The highest BCUT2D eigenvalue weighted by atomic mass is 16.5. The molecular weight excluding hydrogens is 358 g/mol. The molecule has 1 saturated heterocycles. The van der Waals surface area contributed by atoms with Gasteiger partial charge in [-0.15, -0.1) is 0 Å². The van der Waals surface area contributed by atoms with Gasteiger partial charge in [0.25, 0.3) is 0 Å². The van der Waals surface area contributed by atoms with Crippen LogP contribution in [0.4, 0.5) is 0 Å². The minimum absolute atomic E-state index is 0.507. The lowest BCUT2D eigenvalue weighted by atomic mass is 9.97. The van der Waals surface area contributed by atoms with Crippen LogP contribution in [-0.4, -0.2) is 12.6 Å². The van der Waals surface area contributed by atoms with Crippen molar-refractivity contribution in [2.24, 2.45) is 0 Å². The van der Waals surface area contributed by atoms with E-state index in [0.717, 1.165) is 35.6 Å². The highest BCUT2D eigenvalue weighted by Gasteiger charge is 2.18. The molecule has 0 spiro atoms. The number of rotatable bonds is 8. The van der Waals surface area contributed by atoms with Gasteiger partial charge in [-0.05, 0) is 48.6 Å². The van der Waals surface area contributed by atoms with Crippen molar-refractivity contribution in [2.45, 2.75) is 44.9 Å². The molecule has 0 aromatic heterocycles. The fourth-order valence-electron chi connectivity index (χ4n) is 3.83. The highest BCUT2D eigenvalue weighted by molar-refractivity contribution is 5.47. The Morgan fingerprint density at radius 2 is 1.41 bits per heavy atom. The standard InChI is InChI=1S/C26H29NO2/c1-3-10-21(11-4-1)19-28-25-16-9-14-23(18-24-15-7-8-17-27-24)26(25)29-20-22-12-5-2-6-13-22/h1-6,9-14,16,24,27H,7-8,15,17-20H2. The molecule has 1 fully saturated rings. The lowest BCUT2D eigenvalue weighted by Crippen LogP contribution is -2.35. The van der Waals surface area contributed by atoms with Gasteiger partial charge in [0.2, 0.25) is 0 Å². The smallest absolute Gasteiger partial charge is 0.164 e. The van der Waals surface area contributed by atoms with Gasteiger partial charge >= 0.3 is 0 Å². The number of piperidine rings is 1. The number of ether oxygens (including phenoxy) is 2. The number of hydrogen-bond donors (Lipinski definition) is 1. The summed E-state index contributed by atoms with van der Waals surface area (Å²) in [6.07, 6.45) is 4.75. The van der Waals surface area contributed by atoms with Crippen molar-refractivity contribution in [1.82, 2.24) is 5.32 Å². The minimum Gasteiger partial charge on any atom is -0.485 e. The SMILES string of the molecule is c1ccc(COc2cccc(CC3CCCCN3)c2OCc2ccccc2)cc1. The van der Waals surface area contributed by atoms with Crippen LogP contribution in [0.2, 0.25) is 0 Å². The third-order valence-corrected chi connectivity index (χ3v) is 5.40. The predicted molar refractivity (Wildman–Crippen MR) is 117 cm³/mol. The Morgan fingerprint density at radius 1 is 0.724 bits per heavy atom. The van der Waals surface area contributed by atoms with E-state index in [4.69, 9.17) is 9.47 Å². The summed E-state index contributed by atoms with van der Waals surface area (Å²) in [7, 11) is 0. The Labute approximate surface area is 173 Å². The molecule has 0 aliphatic carbocycles. The number of para-hydroxylation sites is 1. The highest BCUT2D eigenvalue weighted by Crippen LogP contribution is 2.34. The van der Waals surface area contributed by atoms with Gasteiger partial charge in [-0.1, -0.05) is 79.2 Å². The third-order valence-electron chi connectivity index (χ3n) is 5.40. The molecule has 0 radical (unpaired) electrons. The van der Waals surface area contributed by atoms with Gasteiger partial charge in [0.05, 0.1) is 0 Å². The Bertz CT molecular complexity index is 874. The van der Waals surface area contributed by atoms with Crippen LogP contribution in [-0.2, 0) is 19.6 Å². The molecule has 29 heavy (non-hydrogen) atoms. The largest absolute Gasteiger partial charge is 0.485 e. The molecule has 150 valence electrons. The van der Waals surface area contributed by atoms with E-state index in [1.165, 1.54) is 24.8 Å². The van der Waals surface area contributed by atoms with Crippen molar-refractivity contribution in [3.63, 3.8) is 0 Å². The van der Waals surface area contributed by atoms with Gasteiger partial charge in [0.1, 0.15) is 13.2 Å². The molecule has 0 saturated carbocycles. The molecule has 1 heterocycles. The fourth-order valence-corrected chi connectivity index (χ4v) is 3.83. The maximum absolute atomic E-state index is 6.33. The van der Waals surface area contributed by atoms with Crippen LogP contribution in [0.15, 0.2) is 78.9 Å². The first-order chi connectivity index (χ1) is 14.4. The lowest BCUT2D eigenvalue weighted by molar-refractivity contribution is 0.252. The number of benzene rings is 3. The van der Waals surface area contributed by atoms with Crippen LogP contribution in [0.1, 0.15) is 36.0 Å². The zero-order valence-electron chi connectivity index (χ0n) is 16.8.